The summed E-state index contributed by atoms with van der Waals surface area (Å²) in [4.78, 5) is 0. The molecule has 0 bridgehead atoms. The maximum absolute atomic E-state index is 5.97. The highest BCUT2D eigenvalue weighted by Gasteiger charge is 2.37. The van der Waals surface area contributed by atoms with Crippen LogP contribution in [0.3, 0.4) is 0 Å². The molecule has 1 rings (SSSR count). The Balaban J connectivity index is 2.73. The van der Waals surface area contributed by atoms with Crippen LogP contribution in [0.15, 0.2) is 0 Å². The zero-order chi connectivity index (χ0) is 10.8. The standard InChI is InChI=1S/C11H24NOP/c1-6-10-8-9-13-14(11(3,4)5)12(10)7-2/h10H,6-9H2,1-5H3. The molecule has 1 heterocycles. The van der Waals surface area contributed by atoms with E-state index in [1.54, 1.807) is 0 Å². The van der Waals surface area contributed by atoms with Crippen LogP contribution in [-0.2, 0) is 4.52 Å². The zero-order valence-electron chi connectivity index (χ0n) is 10.2. The van der Waals surface area contributed by atoms with Crippen molar-refractivity contribution in [2.24, 2.45) is 0 Å². The van der Waals surface area contributed by atoms with E-state index in [0.29, 0.717) is 5.16 Å². The second-order valence-corrected chi connectivity index (χ2v) is 7.54. The molecular weight excluding hydrogens is 193 g/mol. The maximum Gasteiger partial charge on any atom is 0.110 e. The van der Waals surface area contributed by atoms with Crippen molar-refractivity contribution in [1.29, 1.82) is 0 Å². The van der Waals surface area contributed by atoms with Gasteiger partial charge in [-0.05, 0) is 12.8 Å². The first-order valence-electron chi connectivity index (χ1n) is 5.70. The van der Waals surface area contributed by atoms with Crippen LogP contribution in [-0.4, -0.2) is 29.0 Å². The van der Waals surface area contributed by atoms with Crippen molar-refractivity contribution in [2.45, 2.75) is 58.7 Å². The largest absolute Gasteiger partial charge is 0.343 e. The molecule has 0 saturated carbocycles. The second-order valence-electron chi connectivity index (χ2n) is 4.88. The Morgan fingerprint density at radius 2 is 2.00 bits per heavy atom. The van der Waals surface area contributed by atoms with Crippen molar-refractivity contribution in [1.82, 2.24) is 4.67 Å². The van der Waals surface area contributed by atoms with Gasteiger partial charge in [0.05, 0.1) is 6.61 Å². The highest BCUT2D eigenvalue weighted by molar-refractivity contribution is 7.51. The normalized spacial score (nSPS) is 30.6. The summed E-state index contributed by atoms with van der Waals surface area (Å²) in [6, 6.07) is 0.749. The van der Waals surface area contributed by atoms with Crippen molar-refractivity contribution >= 4 is 8.30 Å². The van der Waals surface area contributed by atoms with Gasteiger partial charge in [0.25, 0.3) is 0 Å². The van der Waals surface area contributed by atoms with Crippen molar-refractivity contribution in [2.75, 3.05) is 13.2 Å². The van der Waals surface area contributed by atoms with Crippen LogP contribution in [0.4, 0.5) is 0 Å². The number of hydrogen-bond acceptors (Lipinski definition) is 2. The Morgan fingerprint density at radius 3 is 2.43 bits per heavy atom. The third-order valence-electron chi connectivity index (χ3n) is 2.69. The molecule has 14 heavy (non-hydrogen) atoms. The zero-order valence-corrected chi connectivity index (χ0v) is 11.1. The van der Waals surface area contributed by atoms with E-state index >= 15 is 0 Å². The predicted molar refractivity (Wildman–Crippen MR) is 63.7 cm³/mol. The molecule has 0 amide bonds. The summed E-state index contributed by atoms with van der Waals surface area (Å²) >= 11 is 0. The van der Waals surface area contributed by atoms with Gasteiger partial charge in [0, 0.05) is 17.7 Å². The average molecular weight is 217 g/mol. The average Bonchev–Trinajstić information content (AvgIpc) is 2.15. The monoisotopic (exact) mass is 217 g/mol. The Morgan fingerprint density at radius 1 is 1.36 bits per heavy atom. The highest BCUT2D eigenvalue weighted by Crippen LogP contribution is 2.56. The SMILES string of the molecule is CCC1CCOP(C(C)(C)C)N1CC. The molecule has 1 saturated heterocycles. The minimum atomic E-state index is -0.388. The second kappa shape index (κ2) is 4.92. The van der Waals surface area contributed by atoms with Crippen LogP contribution < -0.4 is 0 Å². The molecule has 2 nitrogen and oxygen atoms in total. The van der Waals surface area contributed by atoms with E-state index < -0.39 is 0 Å². The van der Waals surface area contributed by atoms with Crippen LogP contribution >= 0.6 is 8.30 Å². The van der Waals surface area contributed by atoms with Gasteiger partial charge in [0.2, 0.25) is 0 Å². The summed E-state index contributed by atoms with van der Waals surface area (Å²) in [5, 5.41) is 0.291. The van der Waals surface area contributed by atoms with Gasteiger partial charge in [-0.2, -0.15) is 0 Å². The summed E-state index contributed by atoms with van der Waals surface area (Å²) < 4.78 is 8.55. The van der Waals surface area contributed by atoms with Gasteiger partial charge in [-0.25, -0.2) is 0 Å². The molecule has 0 aromatic heterocycles. The van der Waals surface area contributed by atoms with Crippen LogP contribution in [0.25, 0.3) is 0 Å². The lowest BCUT2D eigenvalue weighted by atomic mass is 10.1. The number of hydrogen-bond donors (Lipinski definition) is 0. The van der Waals surface area contributed by atoms with Crippen molar-refractivity contribution < 1.29 is 4.52 Å². The molecule has 0 spiro atoms. The molecule has 1 aliphatic rings. The van der Waals surface area contributed by atoms with E-state index in [2.05, 4.69) is 39.3 Å². The van der Waals surface area contributed by atoms with E-state index in [-0.39, 0.29) is 8.30 Å². The summed E-state index contributed by atoms with van der Waals surface area (Å²) in [5.74, 6) is 0. The molecule has 0 radical (unpaired) electrons. The lowest BCUT2D eigenvalue weighted by molar-refractivity contribution is 0.178. The Labute approximate surface area is 89.9 Å². The van der Waals surface area contributed by atoms with Gasteiger partial charge in [-0.3, -0.25) is 4.67 Å². The topological polar surface area (TPSA) is 12.5 Å². The molecule has 84 valence electrons. The fourth-order valence-corrected chi connectivity index (χ4v) is 4.44. The molecule has 0 aromatic carbocycles. The summed E-state index contributed by atoms with van der Waals surface area (Å²) in [6.45, 7) is 13.5. The summed E-state index contributed by atoms with van der Waals surface area (Å²) in [6.07, 6.45) is 2.46. The van der Waals surface area contributed by atoms with Crippen LogP contribution in [0.5, 0.6) is 0 Å². The van der Waals surface area contributed by atoms with E-state index in [4.69, 9.17) is 4.52 Å². The summed E-state index contributed by atoms with van der Waals surface area (Å²) in [7, 11) is -0.388. The smallest absolute Gasteiger partial charge is 0.110 e. The first kappa shape index (κ1) is 12.4. The molecule has 1 aliphatic heterocycles. The maximum atomic E-state index is 5.97. The molecule has 3 heteroatoms. The lowest BCUT2D eigenvalue weighted by Crippen LogP contribution is -2.40. The Bertz CT molecular complexity index is 179. The van der Waals surface area contributed by atoms with E-state index in [0.717, 1.165) is 19.2 Å². The first-order chi connectivity index (χ1) is 6.50. The predicted octanol–water partition coefficient (Wildman–Crippen LogP) is 3.62. The molecule has 2 unspecified atom stereocenters. The number of nitrogens with zero attached hydrogens (tertiary/aromatic N) is 1. The highest BCUT2D eigenvalue weighted by atomic mass is 31.2. The Hall–Kier alpha value is 0.350. The van der Waals surface area contributed by atoms with E-state index in [1.807, 2.05) is 0 Å². The van der Waals surface area contributed by atoms with Gasteiger partial charge in [-0.15, -0.1) is 0 Å². The van der Waals surface area contributed by atoms with E-state index in [1.165, 1.54) is 12.8 Å². The van der Waals surface area contributed by atoms with Gasteiger partial charge in [-0.1, -0.05) is 34.6 Å². The third kappa shape index (κ3) is 2.68. The van der Waals surface area contributed by atoms with Gasteiger partial charge >= 0.3 is 0 Å². The minimum absolute atomic E-state index is 0.291. The molecule has 0 N–H and O–H groups in total. The Kier molecular flexibility index (Phi) is 4.36. The molecular formula is C11H24NOP. The quantitative estimate of drug-likeness (QED) is 0.655. The minimum Gasteiger partial charge on any atom is -0.343 e. The van der Waals surface area contributed by atoms with Gasteiger partial charge in [0.15, 0.2) is 0 Å². The van der Waals surface area contributed by atoms with Gasteiger partial charge < -0.3 is 4.52 Å². The fourth-order valence-electron chi connectivity index (χ4n) is 2.03. The van der Waals surface area contributed by atoms with Crippen molar-refractivity contribution in [3.05, 3.63) is 0 Å². The van der Waals surface area contributed by atoms with E-state index in [9.17, 15) is 0 Å². The molecule has 2 atom stereocenters. The number of rotatable bonds is 2. The molecule has 1 fully saturated rings. The van der Waals surface area contributed by atoms with Crippen LogP contribution in [0.2, 0.25) is 0 Å². The lowest BCUT2D eigenvalue weighted by Gasteiger charge is -2.46. The first-order valence-corrected chi connectivity index (χ1v) is 6.91. The molecule has 0 aliphatic carbocycles. The van der Waals surface area contributed by atoms with Crippen molar-refractivity contribution in [3.8, 4) is 0 Å². The van der Waals surface area contributed by atoms with Gasteiger partial charge in [0.1, 0.15) is 8.30 Å². The van der Waals surface area contributed by atoms with Crippen molar-refractivity contribution in [3.63, 3.8) is 0 Å². The third-order valence-corrected chi connectivity index (χ3v) is 5.34. The fraction of sp³-hybridized carbons (Fsp3) is 1.00. The summed E-state index contributed by atoms with van der Waals surface area (Å²) in [5.41, 5.74) is 0. The van der Waals surface area contributed by atoms with Crippen LogP contribution in [0.1, 0.15) is 47.5 Å². The molecule has 0 aromatic rings. The van der Waals surface area contributed by atoms with Crippen LogP contribution in [0, 0.1) is 0 Å².